The summed E-state index contributed by atoms with van der Waals surface area (Å²) in [5.41, 5.74) is 2.94. The Hall–Kier alpha value is -2.37. The molecule has 0 aliphatic heterocycles. The Kier molecular flexibility index (Phi) is 5.06. The van der Waals surface area contributed by atoms with Crippen molar-refractivity contribution in [3.05, 3.63) is 63.5 Å². The summed E-state index contributed by atoms with van der Waals surface area (Å²) >= 11 is 12.3. The Morgan fingerprint density at radius 2 is 1.96 bits per heavy atom. The van der Waals surface area contributed by atoms with Gasteiger partial charge in [0.2, 0.25) is 0 Å². The van der Waals surface area contributed by atoms with Crippen LogP contribution in [0.4, 0.5) is 0 Å². The lowest BCUT2D eigenvalue weighted by molar-refractivity contribution is 0.309. The van der Waals surface area contributed by atoms with Gasteiger partial charge in [-0.15, -0.1) is 0 Å². The first-order chi connectivity index (χ1) is 12.0. The minimum absolute atomic E-state index is 0.202. The summed E-state index contributed by atoms with van der Waals surface area (Å²) in [5, 5.41) is 12.7. The zero-order valence-electron chi connectivity index (χ0n) is 13.7. The van der Waals surface area contributed by atoms with E-state index in [9.17, 15) is 0 Å². The van der Waals surface area contributed by atoms with Gasteiger partial charge >= 0.3 is 0 Å². The Morgan fingerprint density at radius 1 is 1.24 bits per heavy atom. The van der Waals surface area contributed by atoms with Gasteiger partial charge in [0, 0.05) is 41.6 Å². The SMILES string of the molecule is CNC(=N)c1cc(C)nc2c(OCc3c(Cl)cncc3Cl)cccc12. The molecule has 0 bridgehead atoms. The number of hydrogen-bond donors (Lipinski definition) is 2. The zero-order valence-corrected chi connectivity index (χ0v) is 15.2. The van der Waals surface area contributed by atoms with Crippen molar-refractivity contribution < 1.29 is 4.74 Å². The summed E-state index contributed by atoms with van der Waals surface area (Å²) in [6.07, 6.45) is 3.06. The van der Waals surface area contributed by atoms with E-state index in [0.717, 1.165) is 16.6 Å². The van der Waals surface area contributed by atoms with Crippen LogP contribution in [0.15, 0.2) is 36.7 Å². The molecule has 1 aromatic carbocycles. The smallest absolute Gasteiger partial charge is 0.146 e. The summed E-state index contributed by atoms with van der Waals surface area (Å²) in [5.74, 6) is 0.933. The lowest BCUT2D eigenvalue weighted by atomic mass is 10.1. The maximum atomic E-state index is 8.10. The second-order valence-corrected chi connectivity index (χ2v) is 6.27. The van der Waals surface area contributed by atoms with Crippen LogP contribution in [-0.4, -0.2) is 22.9 Å². The highest BCUT2D eigenvalue weighted by Crippen LogP contribution is 2.30. The summed E-state index contributed by atoms with van der Waals surface area (Å²) < 4.78 is 5.94. The molecule has 0 radical (unpaired) electrons. The van der Waals surface area contributed by atoms with E-state index < -0.39 is 0 Å². The quantitative estimate of drug-likeness (QED) is 0.525. The van der Waals surface area contributed by atoms with Crippen molar-refractivity contribution in [2.45, 2.75) is 13.5 Å². The first-order valence-corrected chi connectivity index (χ1v) is 8.34. The molecule has 2 heterocycles. The number of amidine groups is 1. The van der Waals surface area contributed by atoms with E-state index in [1.54, 1.807) is 7.05 Å². The minimum atomic E-state index is 0.202. The molecule has 25 heavy (non-hydrogen) atoms. The van der Waals surface area contributed by atoms with Gasteiger partial charge in [-0.3, -0.25) is 10.4 Å². The van der Waals surface area contributed by atoms with Crippen LogP contribution in [-0.2, 0) is 6.61 Å². The molecule has 0 atom stereocenters. The zero-order chi connectivity index (χ0) is 18.0. The molecule has 0 saturated carbocycles. The van der Waals surface area contributed by atoms with E-state index in [-0.39, 0.29) is 6.61 Å². The van der Waals surface area contributed by atoms with Gasteiger partial charge in [0.15, 0.2) is 0 Å². The summed E-state index contributed by atoms with van der Waals surface area (Å²) in [6, 6.07) is 7.51. The van der Waals surface area contributed by atoms with E-state index in [0.29, 0.717) is 32.7 Å². The molecule has 0 aliphatic rings. The van der Waals surface area contributed by atoms with Crippen LogP contribution < -0.4 is 10.1 Å². The number of nitrogens with zero attached hydrogens (tertiary/aromatic N) is 2. The Labute approximate surface area is 155 Å². The number of fused-ring (bicyclic) bond motifs is 1. The highest BCUT2D eigenvalue weighted by Gasteiger charge is 2.13. The Morgan fingerprint density at radius 3 is 2.64 bits per heavy atom. The third-order valence-corrected chi connectivity index (χ3v) is 4.43. The number of pyridine rings is 2. The largest absolute Gasteiger partial charge is 0.487 e. The number of nitrogens with one attached hydrogen (secondary N) is 2. The summed E-state index contributed by atoms with van der Waals surface area (Å²) in [6.45, 7) is 2.09. The molecular formula is C18H16Cl2N4O. The second-order valence-electron chi connectivity index (χ2n) is 5.46. The van der Waals surface area contributed by atoms with Gasteiger partial charge in [0.05, 0.1) is 10.0 Å². The standard InChI is InChI=1S/C18H16Cl2N4O/c1-10-6-12(18(21)22-2)11-4-3-5-16(17(11)24-10)25-9-13-14(19)7-23-8-15(13)20/h3-8H,9H2,1-2H3,(H2,21,22). The highest BCUT2D eigenvalue weighted by molar-refractivity contribution is 6.35. The molecule has 128 valence electrons. The lowest BCUT2D eigenvalue weighted by Gasteiger charge is -2.13. The molecule has 0 amide bonds. The van der Waals surface area contributed by atoms with E-state index >= 15 is 0 Å². The van der Waals surface area contributed by atoms with Gasteiger partial charge in [0.25, 0.3) is 0 Å². The van der Waals surface area contributed by atoms with Gasteiger partial charge in [-0.1, -0.05) is 35.3 Å². The molecule has 5 nitrogen and oxygen atoms in total. The van der Waals surface area contributed by atoms with Crippen LogP contribution in [0.2, 0.25) is 10.0 Å². The van der Waals surface area contributed by atoms with Gasteiger partial charge in [-0.2, -0.15) is 0 Å². The fourth-order valence-corrected chi connectivity index (χ4v) is 3.01. The number of aromatic nitrogens is 2. The Balaban J connectivity index is 2.03. The maximum Gasteiger partial charge on any atom is 0.146 e. The second kappa shape index (κ2) is 7.25. The average Bonchev–Trinajstić information content (AvgIpc) is 2.60. The molecule has 0 fully saturated rings. The van der Waals surface area contributed by atoms with E-state index in [1.807, 2.05) is 31.2 Å². The minimum Gasteiger partial charge on any atom is -0.487 e. The highest BCUT2D eigenvalue weighted by atomic mass is 35.5. The van der Waals surface area contributed by atoms with Crippen molar-refractivity contribution >= 4 is 39.9 Å². The fourth-order valence-electron chi connectivity index (χ4n) is 2.53. The van der Waals surface area contributed by atoms with E-state index in [4.69, 9.17) is 33.3 Å². The van der Waals surface area contributed by atoms with Gasteiger partial charge in [-0.05, 0) is 19.1 Å². The number of hydrogen-bond acceptors (Lipinski definition) is 4. The number of para-hydroxylation sites is 1. The van der Waals surface area contributed by atoms with Gasteiger partial charge in [0.1, 0.15) is 23.7 Å². The van der Waals surface area contributed by atoms with Crippen molar-refractivity contribution in [1.29, 1.82) is 5.41 Å². The number of aryl methyl sites for hydroxylation is 1. The van der Waals surface area contributed by atoms with Crippen LogP contribution in [0.1, 0.15) is 16.8 Å². The van der Waals surface area contributed by atoms with Gasteiger partial charge in [-0.25, -0.2) is 4.98 Å². The predicted molar refractivity (Wildman–Crippen MR) is 101 cm³/mol. The maximum absolute atomic E-state index is 8.10. The summed E-state index contributed by atoms with van der Waals surface area (Å²) in [4.78, 5) is 8.52. The molecule has 7 heteroatoms. The van der Waals surface area contributed by atoms with Crippen molar-refractivity contribution in [1.82, 2.24) is 15.3 Å². The molecule has 2 aromatic heterocycles. The third kappa shape index (κ3) is 3.52. The van der Waals surface area contributed by atoms with Crippen LogP contribution in [0.3, 0.4) is 0 Å². The summed E-state index contributed by atoms with van der Waals surface area (Å²) in [7, 11) is 1.72. The monoisotopic (exact) mass is 374 g/mol. The number of rotatable bonds is 4. The van der Waals surface area contributed by atoms with Crippen LogP contribution >= 0.6 is 23.2 Å². The van der Waals surface area contributed by atoms with E-state index in [2.05, 4.69) is 15.3 Å². The topological polar surface area (TPSA) is 70.9 Å². The molecule has 0 unspecified atom stereocenters. The molecule has 0 saturated heterocycles. The van der Waals surface area contributed by atoms with Crippen molar-refractivity contribution in [3.8, 4) is 5.75 Å². The number of halogens is 2. The lowest BCUT2D eigenvalue weighted by Crippen LogP contribution is -2.18. The molecule has 2 N–H and O–H groups in total. The van der Waals surface area contributed by atoms with Crippen LogP contribution in [0.5, 0.6) is 5.75 Å². The van der Waals surface area contributed by atoms with Crippen molar-refractivity contribution in [2.24, 2.45) is 0 Å². The molecule has 3 aromatic rings. The predicted octanol–water partition coefficient (Wildman–Crippen LogP) is 4.37. The third-order valence-electron chi connectivity index (χ3n) is 3.77. The molecule has 0 aliphatic carbocycles. The Bertz CT molecular complexity index is 939. The van der Waals surface area contributed by atoms with Gasteiger partial charge < -0.3 is 10.1 Å². The number of benzene rings is 1. The molecular weight excluding hydrogens is 359 g/mol. The van der Waals surface area contributed by atoms with Crippen molar-refractivity contribution in [3.63, 3.8) is 0 Å². The molecule has 0 spiro atoms. The molecule has 3 rings (SSSR count). The average molecular weight is 375 g/mol. The number of ether oxygens (including phenoxy) is 1. The first-order valence-electron chi connectivity index (χ1n) is 7.59. The van der Waals surface area contributed by atoms with Crippen LogP contribution in [0.25, 0.3) is 10.9 Å². The normalized spacial score (nSPS) is 10.7. The van der Waals surface area contributed by atoms with E-state index in [1.165, 1.54) is 12.4 Å². The van der Waals surface area contributed by atoms with Crippen molar-refractivity contribution in [2.75, 3.05) is 7.05 Å². The fraction of sp³-hybridized carbons (Fsp3) is 0.167. The van der Waals surface area contributed by atoms with Crippen LogP contribution in [0, 0.1) is 12.3 Å². The first kappa shape index (κ1) is 17.5.